The number of H-pyrrole nitrogens is 1. The fourth-order valence-electron chi connectivity index (χ4n) is 4.48. The lowest BCUT2D eigenvalue weighted by Crippen LogP contribution is -2.50. The Morgan fingerprint density at radius 1 is 1.28 bits per heavy atom. The molecule has 4 rings (SSSR count). The Morgan fingerprint density at radius 3 is 2.76 bits per heavy atom. The highest BCUT2D eigenvalue weighted by molar-refractivity contribution is 5.84. The van der Waals surface area contributed by atoms with Crippen molar-refractivity contribution in [3.8, 4) is 0 Å². The number of aromatic amines is 1. The van der Waals surface area contributed by atoms with Crippen LogP contribution >= 0.6 is 0 Å². The minimum atomic E-state index is -0.111. The number of rotatable bonds is 4. The Labute approximate surface area is 151 Å². The highest BCUT2D eigenvalue weighted by Gasteiger charge is 2.48. The number of piperidine rings is 1. The molecule has 5 heteroatoms. The molecule has 25 heavy (non-hydrogen) atoms. The van der Waals surface area contributed by atoms with Crippen LogP contribution in [0.5, 0.6) is 0 Å². The van der Waals surface area contributed by atoms with E-state index in [-0.39, 0.29) is 10.8 Å². The zero-order valence-corrected chi connectivity index (χ0v) is 16.0. The van der Waals surface area contributed by atoms with E-state index in [4.69, 9.17) is 0 Å². The number of carbonyl (C=O) groups excluding carboxylic acids is 1. The third-order valence-corrected chi connectivity index (χ3v) is 6.23. The van der Waals surface area contributed by atoms with Crippen LogP contribution in [0, 0.1) is 11.3 Å². The maximum atomic E-state index is 13.1. The first-order valence-corrected chi connectivity index (χ1v) is 9.92. The van der Waals surface area contributed by atoms with Gasteiger partial charge in [-0.2, -0.15) is 5.10 Å². The maximum absolute atomic E-state index is 13.1. The molecule has 1 atom stereocenters. The van der Waals surface area contributed by atoms with Gasteiger partial charge >= 0.3 is 0 Å². The predicted octanol–water partition coefficient (Wildman–Crippen LogP) is 2.93. The van der Waals surface area contributed by atoms with Gasteiger partial charge in [-0.15, -0.1) is 0 Å². The number of amides is 1. The average molecular weight is 345 g/mol. The van der Waals surface area contributed by atoms with Gasteiger partial charge in [0.1, 0.15) is 0 Å². The molecule has 2 aliphatic heterocycles. The van der Waals surface area contributed by atoms with E-state index < -0.39 is 0 Å². The molecule has 1 aromatic rings. The molecular weight excluding hydrogens is 312 g/mol. The van der Waals surface area contributed by atoms with Crippen molar-refractivity contribution < 1.29 is 4.79 Å². The second-order valence-electron chi connectivity index (χ2n) is 9.57. The van der Waals surface area contributed by atoms with Gasteiger partial charge in [0.05, 0.1) is 11.1 Å². The van der Waals surface area contributed by atoms with Crippen LogP contribution in [-0.4, -0.2) is 52.1 Å². The molecule has 0 bridgehead atoms. The summed E-state index contributed by atoms with van der Waals surface area (Å²) in [5.41, 5.74) is 2.24. The number of carbonyl (C=O) groups is 1. The first kappa shape index (κ1) is 17.1. The summed E-state index contributed by atoms with van der Waals surface area (Å²) in [5.74, 6) is 1.23. The van der Waals surface area contributed by atoms with Gasteiger partial charge in [-0.3, -0.25) is 14.8 Å². The van der Waals surface area contributed by atoms with E-state index in [2.05, 4.69) is 46.8 Å². The number of aromatic nitrogens is 2. The van der Waals surface area contributed by atoms with Gasteiger partial charge in [-0.25, -0.2) is 0 Å². The zero-order valence-electron chi connectivity index (χ0n) is 16.0. The second kappa shape index (κ2) is 6.11. The quantitative estimate of drug-likeness (QED) is 0.914. The summed E-state index contributed by atoms with van der Waals surface area (Å²) in [7, 11) is 0. The molecule has 1 unspecified atom stereocenters. The standard InChI is InChI=1S/C20H32N4O/c1-19(2,3)17-11-16(21-22-17)13-23-10-8-20(14-23)7-4-9-24(18(20)25)12-15-5-6-15/h11,15H,4-10,12-14H2,1-3H3,(H,21,22). The van der Waals surface area contributed by atoms with Crippen LogP contribution in [0.2, 0.25) is 0 Å². The van der Waals surface area contributed by atoms with Crippen molar-refractivity contribution in [1.82, 2.24) is 20.0 Å². The largest absolute Gasteiger partial charge is 0.342 e. The molecule has 1 amide bonds. The van der Waals surface area contributed by atoms with Gasteiger partial charge in [0.2, 0.25) is 5.91 Å². The van der Waals surface area contributed by atoms with Crippen LogP contribution in [-0.2, 0) is 16.8 Å². The average Bonchev–Trinajstić information content (AvgIpc) is 3.07. The molecule has 1 saturated carbocycles. The number of nitrogens with zero attached hydrogens (tertiary/aromatic N) is 3. The van der Waals surface area contributed by atoms with Crippen molar-refractivity contribution in [3.05, 3.63) is 17.5 Å². The van der Waals surface area contributed by atoms with Crippen LogP contribution in [0.15, 0.2) is 6.07 Å². The predicted molar refractivity (Wildman–Crippen MR) is 98.2 cm³/mol. The highest BCUT2D eigenvalue weighted by Crippen LogP contribution is 2.42. The molecule has 138 valence electrons. The van der Waals surface area contributed by atoms with E-state index in [1.54, 1.807) is 0 Å². The molecule has 5 nitrogen and oxygen atoms in total. The van der Waals surface area contributed by atoms with Crippen LogP contribution in [0.1, 0.15) is 64.3 Å². The summed E-state index contributed by atoms with van der Waals surface area (Å²) in [6.07, 6.45) is 5.90. The molecule has 1 spiro atoms. The normalized spacial score (nSPS) is 28.3. The first-order chi connectivity index (χ1) is 11.9. The smallest absolute Gasteiger partial charge is 0.230 e. The van der Waals surface area contributed by atoms with Crippen molar-refractivity contribution in [1.29, 1.82) is 0 Å². The molecular formula is C20H32N4O. The Morgan fingerprint density at radius 2 is 2.08 bits per heavy atom. The van der Waals surface area contributed by atoms with E-state index in [1.165, 1.54) is 25.0 Å². The maximum Gasteiger partial charge on any atom is 0.230 e. The van der Waals surface area contributed by atoms with Gasteiger partial charge in [0, 0.05) is 37.3 Å². The second-order valence-corrected chi connectivity index (χ2v) is 9.57. The minimum Gasteiger partial charge on any atom is -0.342 e. The van der Waals surface area contributed by atoms with Gasteiger partial charge in [-0.1, -0.05) is 20.8 Å². The Hall–Kier alpha value is -1.36. The van der Waals surface area contributed by atoms with Crippen LogP contribution in [0.4, 0.5) is 0 Å². The lowest BCUT2D eigenvalue weighted by atomic mass is 9.78. The van der Waals surface area contributed by atoms with Crippen LogP contribution < -0.4 is 0 Å². The number of nitrogens with one attached hydrogen (secondary N) is 1. The van der Waals surface area contributed by atoms with Crippen molar-refractivity contribution >= 4 is 5.91 Å². The lowest BCUT2D eigenvalue weighted by molar-refractivity contribution is -0.145. The van der Waals surface area contributed by atoms with Gasteiger partial charge in [-0.05, 0) is 50.6 Å². The zero-order chi connectivity index (χ0) is 17.7. The summed E-state index contributed by atoms with van der Waals surface area (Å²) in [6, 6.07) is 2.19. The van der Waals surface area contributed by atoms with Crippen molar-refractivity contribution in [2.24, 2.45) is 11.3 Å². The van der Waals surface area contributed by atoms with Crippen molar-refractivity contribution in [2.75, 3.05) is 26.2 Å². The van der Waals surface area contributed by atoms with Crippen molar-refractivity contribution in [3.63, 3.8) is 0 Å². The van der Waals surface area contributed by atoms with Gasteiger partial charge < -0.3 is 4.90 Å². The van der Waals surface area contributed by atoms with Gasteiger partial charge in [0.15, 0.2) is 0 Å². The molecule has 0 aromatic carbocycles. The molecule has 0 radical (unpaired) electrons. The van der Waals surface area contributed by atoms with E-state index >= 15 is 0 Å². The van der Waals surface area contributed by atoms with E-state index in [9.17, 15) is 4.79 Å². The fourth-order valence-corrected chi connectivity index (χ4v) is 4.48. The Balaban J connectivity index is 1.40. The molecule has 1 aliphatic carbocycles. The van der Waals surface area contributed by atoms with E-state index in [1.807, 2.05) is 0 Å². The molecule has 2 saturated heterocycles. The summed E-state index contributed by atoms with van der Waals surface area (Å²) in [4.78, 5) is 17.7. The van der Waals surface area contributed by atoms with Gasteiger partial charge in [0.25, 0.3) is 0 Å². The van der Waals surface area contributed by atoms with Crippen LogP contribution in [0.25, 0.3) is 0 Å². The molecule has 1 N–H and O–H groups in total. The molecule has 3 fully saturated rings. The number of hydrogen-bond donors (Lipinski definition) is 1. The van der Waals surface area contributed by atoms with E-state index in [0.29, 0.717) is 5.91 Å². The van der Waals surface area contributed by atoms with E-state index in [0.717, 1.165) is 57.2 Å². The first-order valence-electron chi connectivity index (χ1n) is 9.92. The highest BCUT2D eigenvalue weighted by atomic mass is 16.2. The molecule has 1 aromatic heterocycles. The fraction of sp³-hybridized carbons (Fsp3) is 0.800. The number of hydrogen-bond acceptors (Lipinski definition) is 3. The Bertz CT molecular complexity index is 642. The minimum absolute atomic E-state index is 0.0730. The third-order valence-electron chi connectivity index (χ3n) is 6.23. The summed E-state index contributed by atoms with van der Waals surface area (Å²) in [5, 5.41) is 7.67. The van der Waals surface area contributed by atoms with Crippen LogP contribution in [0.3, 0.4) is 0 Å². The monoisotopic (exact) mass is 344 g/mol. The summed E-state index contributed by atoms with van der Waals surface area (Å²) in [6.45, 7) is 11.4. The Kier molecular flexibility index (Phi) is 4.18. The number of likely N-dealkylation sites (tertiary alicyclic amines) is 2. The topological polar surface area (TPSA) is 52.2 Å². The third kappa shape index (κ3) is 3.48. The lowest BCUT2D eigenvalue weighted by Gasteiger charge is -2.39. The SMILES string of the molecule is CC(C)(C)c1cc(CN2CCC3(CCCN(CC4CC4)C3=O)C2)[nH]n1. The van der Waals surface area contributed by atoms with Crippen molar-refractivity contribution in [2.45, 2.75) is 64.8 Å². The summed E-state index contributed by atoms with van der Waals surface area (Å²) >= 11 is 0. The molecule has 3 aliphatic rings. The molecule has 3 heterocycles. The summed E-state index contributed by atoms with van der Waals surface area (Å²) < 4.78 is 0.